The second-order valence-electron chi connectivity index (χ2n) is 8.26. The van der Waals surface area contributed by atoms with Crippen LogP contribution in [-0.4, -0.2) is 30.6 Å². The van der Waals surface area contributed by atoms with Gasteiger partial charge in [0.05, 0.1) is 0 Å². The van der Waals surface area contributed by atoms with Crippen LogP contribution in [0, 0.1) is 17.8 Å². The molecular weight excluding hydrogens is 324 g/mol. The highest BCUT2D eigenvalue weighted by Crippen LogP contribution is 2.40. The number of benzene rings is 1. The van der Waals surface area contributed by atoms with Gasteiger partial charge >= 0.3 is 0 Å². The summed E-state index contributed by atoms with van der Waals surface area (Å²) in [5.41, 5.74) is -0.674. The molecule has 1 heterocycles. The average molecular weight is 359 g/mol. The van der Waals surface area contributed by atoms with E-state index in [1.54, 1.807) is 0 Å². The van der Waals surface area contributed by atoms with Gasteiger partial charge in [0, 0.05) is 12.5 Å². The Kier molecular flexibility index (Phi) is 6.71. The predicted molar refractivity (Wildman–Crippen MR) is 105 cm³/mol. The Morgan fingerprint density at radius 3 is 2.62 bits per heavy atom. The summed E-state index contributed by atoms with van der Waals surface area (Å²) < 4.78 is 0. The van der Waals surface area contributed by atoms with E-state index >= 15 is 0 Å². The van der Waals surface area contributed by atoms with E-state index in [9.17, 15) is 9.90 Å². The molecule has 1 aliphatic heterocycles. The maximum atomic E-state index is 13.1. The van der Waals surface area contributed by atoms with Crippen LogP contribution in [-0.2, 0) is 10.4 Å². The molecular formula is C22H34N2O2. The molecule has 4 nitrogen and oxygen atoms in total. The lowest BCUT2D eigenvalue weighted by molar-refractivity contribution is -0.147. The largest absolute Gasteiger partial charge is 0.375 e. The van der Waals surface area contributed by atoms with E-state index in [0.29, 0.717) is 18.4 Å². The maximum absolute atomic E-state index is 13.1. The van der Waals surface area contributed by atoms with Gasteiger partial charge < -0.3 is 15.7 Å². The second-order valence-corrected chi connectivity index (χ2v) is 8.26. The van der Waals surface area contributed by atoms with Crippen LogP contribution in [0.25, 0.3) is 0 Å². The molecule has 1 aliphatic carbocycles. The number of hydrogen-bond donors (Lipinski definition) is 3. The molecule has 26 heavy (non-hydrogen) atoms. The number of rotatable bonds is 6. The van der Waals surface area contributed by atoms with Crippen molar-refractivity contribution in [1.29, 1.82) is 0 Å². The highest BCUT2D eigenvalue weighted by molar-refractivity contribution is 5.86. The molecule has 2 aliphatic rings. The summed E-state index contributed by atoms with van der Waals surface area (Å²) in [5.74, 6) is 0.797. The van der Waals surface area contributed by atoms with Crippen molar-refractivity contribution in [3.05, 3.63) is 35.9 Å². The Morgan fingerprint density at radius 1 is 1.19 bits per heavy atom. The van der Waals surface area contributed by atoms with E-state index in [-0.39, 0.29) is 11.8 Å². The fourth-order valence-electron chi connectivity index (χ4n) is 4.67. The zero-order valence-corrected chi connectivity index (χ0v) is 16.0. The van der Waals surface area contributed by atoms with Crippen molar-refractivity contribution in [2.75, 3.05) is 19.6 Å². The summed E-state index contributed by atoms with van der Waals surface area (Å²) >= 11 is 0. The quantitative estimate of drug-likeness (QED) is 0.732. The normalized spacial score (nSPS) is 25.2. The van der Waals surface area contributed by atoms with Gasteiger partial charge in [-0.2, -0.15) is 0 Å². The molecule has 0 spiro atoms. The Labute approximate surface area is 157 Å². The van der Waals surface area contributed by atoms with Crippen molar-refractivity contribution >= 4 is 5.91 Å². The molecule has 4 heteroatoms. The van der Waals surface area contributed by atoms with Crippen molar-refractivity contribution < 1.29 is 9.90 Å². The number of carbonyl (C=O) groups is 1. The third-order valence-electron chi connectivity index (χ3n) is 6.48. The van der Waals surface area contributed by atoms with Crippen LogP contribution >= 0.6 is 0 Å². The minimum atomic E-state index is -1.40. The van der Waals surface area contributed by atoms with Gasteiger partial charge in [0.25, 0.3) is 5.91 Å². The fraction of sp³-hybridized carbons (Fsp3) is 0.682. The van der Waals surface area contributed by atoms with E-state index in [4.69, 9.17) is 0 Å². The van der Waals surface area contributed by atoms with Gasteiger partial charge in [-0.3, -0.25) is 4.79 Å². The van der Waals surface area contributed by atoms with Gasteiger partial charge in [0.2, 0.25) is 0 Å². The standard InChI is InChI=1S/C22H34N2O2/c1-17(18-9-7-8-14-23-16-18)15-24-21(25)22(26,20-12-5-6-13-20)19-10-3-2-4-11-19/h2-4,10-11,17-18,20,23,26H,5-9,12-16H2,1H3,(H,24,25). The molecule has 3 unspecified atom stereocenters. The zero-order valence-electron chi connectivity index (χ0n) is 16.0. The topological polar surface area (TPSA) is 61.4 Å². The summed E-state index contributed by atoms with van der Waals surface area (Å²) in [7, 11) is 0. The lowest BCUT2D eigenvalue weighted by Crippen LogP contribution is -2.50. The molecule has 3 atom stereocenters. The molecule has 2 fully saturated rings. The van der Waals surface area contributed by atoms with Crippen LogP contribution in [0.4, 0.5) is 0 Å². The molecule has 1 aromatic rings. The number of hydrogen-bond acceptors (Lipinski definition) is 3. The minimum Gasteiger partial charge on any atom is -0.375 e. The first kappa shape index (κ1) is 19.4. The van der Waals surface area contributed by atoms with Crippen molar-refractivity contribution in [2.45, 2.75) is 57.5 Å². The van der Waals surface area contributed by atoms with Gasteiger partial charge in [-0.1, -0.05) is 56.5 Å². The molecule has 1 saturated carbocycles. The molecule has 3 rings (SSSR count). The van der Waals surface area contributed by atoms with Crippen LogP contribution in [0.3, 0.4) is 0 Å². The van der Waals surface area contributed by atoms with Crippen LogP contribution in [0.1, 0.15) is 57.4 Å². The molecule has 0 bridgehead atoms. The van der Waals surface area contributed by atoms with E-state index in [1.807, 2.05) is 30.3 Å². The predicted octanol–water partition coefficient (Wildman–Crippen LogP) is 3.21. The molecule has 3 N–H and O–H groups in total. The van der Waals surface area contributed by atoms with Gasteiger partial charge in [0.15, 0.2) is 5.60 Å². The van der Waals surface area contributed by atoms with Crippen molar-refractivity contribution in [3.63, 3.8) is 0 Å². The molecule has 144 valence electrons. The maximum Gasteiger partial charge on any atom is 0.256 e. The van der Waals surface area contributed by atoms with Crippen LogP contribution in [0.2, 0.25) is 0 Å². The Hall–Kier alpha value is -1.39. The smallest absolute Gasteiger partial charge is 0.256 e. The SMILES string of the molecule is CC(CNC(=O)C(O)(c1ccccc1)C1CCCC1)C1CCCCNC1. The van der Waals surface area contributed by atoms with Gasteiger partial charge in [-0.25, -0.2) is 0 Å². The summed E-state index contributed by atoms with van der Waals surface area (Å²) in [6.45, 7) is 4.98. The Bertz CT molecular complexity index is 563. The highest BCUT2D eigenvalue weighted by atomic mass is 16.3. The monoisotopic (exact) mass is 358 g/mol. The van der Waals surface area contributed by atoms with Gasteiger partial charge in [-0.05, 0) is 56.2 Å². The van der Waals surface area contributed by atoms with Crippen molar-refractivity contribution in [1.82, 2.24) is 10.6 Å². The van der Waals surface area contributed by atoms with E-state index < -0.39 is 5.60 Å². The molecule has 1 amide bonds. The zero-order chi connectivity index (χ0) is 18.4. The van der Waals surface area contributed by atoms with E-state index in [2.05, 4.69) is 17.6 Å². The molecule has 1 saturated heterocycles. The number of amides is 1. The summed E-state index contributed by atoms with van der Waals surface area (Å²) in [6, 6.07) is 9.51. The average Bonchev–Trinajstić information content (AvgIpc) is 3.09. The Morgan fingerprint density at radius 2 is 1.88 bits per heavy atom. The van der Waals surface area contributed by atoms with Gasteiger partial charge in [0.1, 0.15) is 0 Å². The lowest BCUT2D eigenvalue weighted by Gasteiger charge is -2.34. The molecule has 0 aromatic heterocycles. The third kappa shape index (κ3) is 4.29. The summed E-state index contributed by atoms with van der Waals surface area (Å²) in [6.07, 6.45) is 7.74. The summed E-state index contributed by atoms with van der Waals surface area (Å²) in [4.78, 5) is 13.1. The number of nitrogens with one attached hydrogen (secondary N) is 2. The second kappa shape index (κ2) is 9.01. The van der Waals surface area contributed by atoms with E-state index in [0.717, 1.165) is 44.3 Å². The van der Waals surface area contributed by atoms with Crippen molar-refractivity contribution in [2.24, 2.45) is 17.8 Å². The van der Waals surface area contributed by atoms with Crippen molar-refractivity contribution in [3.8, 4) is 0 Å². The Balaban J connectivity index is 1.67. The van der Waals surface area contributed by atoms with Gasteiger partial charge in [-0.15, -0.1) is 0 Å². The molecule has 0 radical (unpaired) electrons. The fourth-order valence-corrected chi connectivity index (χ4v) is 4.67. The molecule has 1 aromatic carbocycles. The minimum absolute atomic E-state index is 0.0137. The van der Waals surface area contributed by atoms with Crippen LogP contribution in [0.15, 0.2) is 30.3 Å². The van der Waals surface area contributed by atoms with Crippen LogP contribution < -0.4 is 10.6 Å². The third-order valence-corrected chi connectivity index (χ3v) is 6.48. The first-order valence-corrected chi connectivity index (χ1v) is 10.4. The van der Waals surface area contributed by atoms with Crippen LogP contribution in [0.5, 0.6) is 0 Å². The number of aliphatic hydroxyl groups is 1. The first-order valence-electron chi connectivity index (χ1n) is 10.4. The first-order chi connectivity index (χ1) is 12.6. The number of carbonyl (C=O) groups excluding carboxylic acids is 1. The highest BCUT2D eigenvalue weighted by Gasteiger charge is 2.46. The van der Waals surface area contributed by atoms with E-state index in [1.165, 1.54) is 19.3 Å². The lowest BCUT2D eigenvalue weighted by atomic mass is 9.79. The summed E-state index contributed by atoms with van der Waals surface area (Å²) in [5, 5.41) is 18.1.